The summed E-state index contributed by atoms with van der Waals surface area (Å²) in [6.07, 6.45) is 3.52. The van der Waals surface area contributed by atoms with E-state index in [2.05, 4.69) is 15.0 Å². The number of hydrogen-bond donors (Lipinski definition) is 1. The van der Waals surface area contributed by atoms with Crippen LogP contribution >= 0.6 is 11.8 Å². The fourth-order valence-corrected chi connectivity index (χ4v) is 4.76. The maximum atomic E-state index is 11.8. The molecule has 11 heteroatoms. The molecule has 0 amide bonds. The maximum Gasteiger partial charge on any atom is 0.306 e. The minimum absolute atomic E-state index is 0.117. The number of pyridine rings is 1. The molecule has 1 aliphatic rings. The molecule has 0 saturated carbocycles. The Morgan fingerprint density at radius 3 is 2.76 bits per heavy atom. The Hall–Kier alpha value is -3.05. The summed E-state index contributed by atoms with van der Waals surface area (Å²) in [6.45, 7) is 2.34. The summed E-state index contributed by atoms with van der Waals surface area (Å²) in [5.41, 5.74) is 1.23. The first-order chi connectivity index (χ1) is 15.8. The van der Waals surface area contributed by atoms with Gasteiger partial charge in [-0.3, -0.25) is 9.79 Å². The third kappa shape index (κ3) is 5.31. The molecule has 0 spiro atoms. The van der Waals surface area contributed by atoms with Gasteiger partial charge in [0.25, 0.3) is 0 Å². The van der Waals surface area contributed by atoms with E-state index >= 15 is 0 Å². The topological polar surface area (TPSA) is 120 Å². The van der Waals surface area contributed by atoms with E-state index in [1.165, 1.54) is 30.1 Å². The fourth-order valence-electron chi connectivity index (χ4n) is 3.26. The minimum atomic E-state index is -3.33. The number of carbonyl (C=O) groups is 1. The van der Waals surface area contributed by atoms with Gasteiger partial charge in [0, 0.05) is 36.4 Å². The number of hydrogen-bond acceptors (Lipinski definition) is 9. The van der Waals surface area contributed by atoms with Crippen molar-refractivity contribution in [2.75, 3.05) is 19.9 Å². The Morgan fingerprint density at radius 1 is 1.27 bits per heavy atom. The van der Waals surface area contributed by atoms with Crippen molar-refractivity contribution in [1.82, 2.24) is 9.97 Å². The van der Waals surface area contributed by atoms with E-state index in [0.717, 1.165) is 34.3 Å². The van der Waals surface area contributed by atoms with Gasteiger partial charge in [0.05, 0.1) is 29.8 Å². The number of thioether (sulfide) groups is 1. The van der Waals surface area contributed by atoms with Crippen molar-refractivity contribution in [3.63, 3.8) is 0 Å². The second kappa shape index (κ2) is 9.44. The summed E-state index contributed by atoms with van der Waals surface area (Å²) in [4.78, 5) is 23.8. The highest BCUT2D eigenvalue weighted by atomic mass is 32.2. The number of aromatic amines is 1. The molecule has 1 atom stereocenters. The number of carbonyl (C=O) groups excluding carboxylic acids is 1. The second-order valence-electron chi connectivity index (χ2n) is 7.41. The molecule has 1 aliphatic heterocycles. The minimum Gasteiger partial charge on any atom is -0.494 e. The summed E-state index contributed by atoms with van der Waals surface area (Å²) in [6, 6.07) is 8.41. The number of benzene rings is 1. The second-order valence-corrected chi connectivity index (χ2v) is 10.6. The SMILES string of the molecule is CCCC(=O)OC1CN=C(c2cc3cc(Oc4ccc(S(C)(=O)=O)cn4)cc(OC)c3[nH]2)S1. The average Bonchev–Trinajstić information content (AvgIpc) is 3.40. The van der Waals surface area contributed by atoms with Gasteiger partial charge in [-0.2, -0.15) is 0 Å². The Kier molecular flexibility index (Phi) is 6.61. The highest BCUT2D eigenvalue weighted by Crippen LogP contribution is 2.35. The van der Waals surface area contributed by atoms with Crippen molar-refractivity contribution in [2.45, 2.75) is 30.1 Å². The van der Waals surface area contributed by atoms with Gasteiger partial charge >= 0.3 is 5.97 Å². The molecule has 0 fully saturated rings. The summed E-state index contributed by atoms with van der Waals surface area (Å²) < 4.78 is 40.0. The van der Waals surface area contributed by atoms with E-state index in [9.17, 15) is 13.2 Å². The molecule has 0 aliphatic carbocycles. The Balaban J connectivity index is 1.54. The van der Waals surface area contributed by atoms with Crippen LogP contribution in [-0.4, -0.2) is 54.7 Å². The molecule has 1 aromatic carbocycles. The highest BCUT2D eigenvalue weighted by Gasteiger charge is 2.25. The van der Waals surface area contributed by atoms with Crippen molar-refractivity contribution >= 4 is 43.5 Å². The number of nitrogens with zero attached hydrogens (tertiary/aromatic N) is 2. The van der Waals surface area contributed by atoms with Crippen molar-refractivity contribution < 1.29 is 27.4 Å². The number of methoxy groups -OCH3 is 1. The summed E-state index contributed by atoms with van der Waals surface area (Å²) in [7, 11) is -1.78. The fraction of sp³-hybridized carbons (Fsp3) is 0.318. The molecule has 4 rings (SSSR count). The lowest BCUT2D eigenvalue weighted by atomic mass is 10.2. The van der Waals surface area contributed by atoms with E-state index in [4.69, 9.17) is 14.2 Å². The molecule has 9 nitrogen and oxygen atoms in total. The van der Waals surface area contributed by atoms with Crippen molar-refractivity contribution in [1.29, 1.82) is 0 Å². The van der Waals surface area contributed by atoms with Gasteiger partial charge in [0.15, 0.2) is 15.3 Å². The maximum absolute atomic E-state index is 11.8. The highest BCUT2D eigenvalue weighted by molar-refractivity contribution is 8.15. The molecule has 33 heavy (non-hydrogen) atoms. The summed E-state index contributed by atoms with van der Waals surface area (Å²) >= 11 is 1.40. The van der Waals surface area contributed by atoms with Crippen LogP contribution in [0.2, 0.25) is 0 Å². The predicted octanol–water partition coefficient (Wildman–Crippen LogP) is 3.93. The van der Waals surface area contributed by atoms with Crippen LogP contribution in [0.5, 0.6) is 17.4 Å². The Morgan fingerprint density at radius 2 is 2.09 bits per heavy atom. The van der Waals surface area contributed by atoms with Gasteiger partial charge in [-0.1, -0.05) is 18.7 Å². The molecule has 0 radical (unpaired) electrons. The first-order valence-electron chi connectivity index (χ1n) is 10.2. The first-order valence-corrected chi connectivity index (χ1v) is 13.0. The molecule has 1 unspecified atom stereocenters. The van der Waals surface area contributed by atoms with Gasteiger partial charge < -0.3 is 19.2 Å². The Labute approximate surface area is 195 Å². The molecule has 0 bridgehead atoms. The van der Waals surface area contributed by atoms with Crippen molar-refractivity contribution in [3.05, 3.63) is 42.2 Å². The van der Waals surface area contributed by atoms with Gasteiger partial charge in [-0.25, -0.2) is 13.4 Å². The first kappa shape index (κ1) is 23.1. The molecule has 3 aromatic rings. The Bertz CT molecular complexity index is 1320. The number of sulfone groups is 1. The summed E-state index contributed by atoms with van der Waals surface area (Å²) in [5, 5.41) is 1.59. The lowest BCUT2D eigenvalue weighted by Crippen LogP contribution is -2.15. The van der Waals surface area contributed by atoms with Crippen LogP contribution in [-0.2, 0) is 19.4 Å². The van der Waals surface area contributed by atoms with Crippen LogP contribution in [0.1, 0.15) is 25.5 Å². The van der Waals surface area contributed by atoms with Gasteiger partial charge in [-0.15, -0.1) is 0 Å². The number of aliphatic imine (C=N–C) groups is 1. The van der Waals surface area contributed by atoms with Gasteiger partial charge in [0.1, 0.15) is 16.5 Å². The smallest absolute Gasteiger partial charge is 0.306 e. The van der Waals surface area contributed by atoms with E-state index < -0.39 is 9.84 Å². The van der Waals surface area contributed by atoms with Crippen LogP contribution in [0, 0.1) is 0 Å². The number of ether oxygens (including phenoxy) is 3. The lowest BCUT2D eigenvalue weighted by molar-refractivity contribution is -0.144. The normalized spacial score (nSPS) is 16.0. The molecule has 174 valence electrons. The monoisotopic (exact) mass is 489 g/mol. The van der Waals surface area contributed by atoms with E-state index in [0.29, 0.717) is 24.5 Å². The van der Waals surface area contributed by atoms with E-state index in [1.807, 2.05) is 19.1 Å². The third-order valence-electron chi connectivity index (χ3n) is 4.82. The summed E-state index contributed by atoms with van der Waals surface area (Å²) in [5.74, 6) is 1.09. The lowest BCUT2D eigenvalue weighted by Gasteiger charge is -2.09. The van der Waals surface area contributed by atoms with Crippen LogP contribution in [0.25, 0.3) is 10.9 Å². The zero-order chi connectivity index (χ0) is 23.6. The van der Waals surface area contributed by atoms with E-state index in [1.54, 1.807) is 13.2 Å². The quantitative estimate of drug-likeness (QED) is 0.473. The number of fused-ring (bicyclic) bond motifs is 1. The predicted molar refractivity (Wildman–Crippen MR) is 126 cm³/mol. The average molecular weight is 490 g/mol. The van der Waals surface area contributed by atoms with Gasteiger partial charge in [0.2, 0.25) is 5.88 Å². The number of aromatic nitrogens is 2. The van der Waals surface area contributed by atoms with Crippen LogP contribution in [0.4, 0.5) is 0 Å². The zero-order valence-corrected chi connectivity index (χ0v) is 20.0. The standard InChI is InChI=1S/C22H23N3O6S2/c1-4-5-19(26)31-20-12-24-22(32-20)16-9-13-8-14(10-17(29-2)21(13)25-16)30-18-7-6-15(11-23-18)33(3,27)28/h6-11,20,25H,4-5,12H2,1-3H3. The molecular weight excluding hydrogens is 466 g/mol. The molecule has 0 saturated heterocycles. The molecular formula is C22H23N3O6S2. The van der Waals surface area contributed by atoms with Crippen molar-refractivity contribution in [2.24, 2.45) is 4.99 Å². The van der Waals surface area contributed by atoms with Crippen molar-refractivity contribution in [3.8, 4) is 17.4 Å². The molecule has 3 heterocycles. The largest absolute Gasteiger partial charge is 0.494 e. The number of rotatable bonds is 8. The van der Waals surface area contributed by atoms with Gasteiger partial charge in [-0.05, 0) is 24.6 Å². The molecule has 2 aromatic heterocycles. The third-order valence-corrected chi connectivity index (χ3v) is 7.00. The molecule has 1 N–H and O–H groups in total. The van der Waals surface area contributed by atoms with E-state index in [-0.39, 0.29) is 22.2 Å². The van der Waals surface area contributed by atoms with Crippen LogP contribution < -0.4 is 9.47 Å². The number of H-pyrrole nitrogens is 1. The van der Waals surface area contributed by atoms with Crippen LogP contribution in [0.3, 0.4) is 0 Å². The number of esters is 1. The zero-order valence-electron chi connectivity index (χ0n) is 18.3. The number of nitrogens with one attached hydrogen (secondary N) is 1. The van der Waals surface area contributed by atoms with Crippen LogP contribution in [0.15, 0.2) is 46.4 Å².